The first-order valence-corrected chi connectivity index (χ1v) is 4.68. The number of ether oxygens (including phenoxy) is 1. The van der Waals surface area contributed by atoms with Gasteiger partial charge in [0.2, 0.25) is 0 Å². The summed E-state index contributed by atoms with van der Waals surface area (Å²) in [6.07, 6.45) is 0. The molecule has 1 rings (SSSR count). The lowest BCUT2D eigenvalue weighted by Crippen LogP contribution is -2.01. The van der Waals surface area contributed by atoms with Crippen LogP contribution in [0.15, 0.2) is 22.7 Å². The molecule has 66 valence electrons. The molecule has 0 radical (unpaired) electrons. The molecule has 3 heteroatoms. The molecule has 0 saturated carbocycles. The van der Waals surface area contributed by atoms with Crippen molar-refractivity contribution in [2.24, 2.45) is 5.73 Å². The second-order valence-corrected chi connectivity index (χ2v) is 3.30. The Morgan fingerprint density at radius 2 is 2.25 bits per heavy atom. The SMILES string of the molecule is CCOc1ccc(Br)cc1CN. The molecule has 2 N–H and O–H groups in total. The van der Waals surface area contributed by atoms with E-state index in [2.05, 4.69) is 15.9 Å². The van der Waals surface area contributed by atoms with E-state index in [4.69, 9.17) is 10.5 Å². The summed E-state index contributed by atoms with van der Waals surface area (Å²) in [6.45, 7) is 3.14. The summed E-state index contributed by atoms with van der Waals surface area (Å²) in [5, 5.41) is 0. The van der Waals surface area contributed by atoms with Gasteiger partial charge in [0.15, 0.2) is 0 Å². The Morgan fingerprint density at radius 3 is 2.83 bits per heavy atom. The average molecular weight is 230 g/mol. The highest BCUT2D eigenvalue weighted by Crippen LogP contribution is 2.22. The first kappa shape index (κ1) is 9.55. The van der Waals surface area contributed by atoms with Gasteiger partial charge in [-0.25, -0.2) is 0 Å². The molecule has 0 heterocycles. The van der Waals surface area contributed by atoms with Crippen LogP contribution in [-0.2, 0) is 6.54 Å². The van der Waals surface area contributed by atoms with Crippen LogP contribution in [-0.4, -0.2) is 6.61 Å². The Balaban J connectivity index is 2.94. The maximum absolute atomic E-state index is 5.55. The summed E-state index contributed by atoms with van der Waals surface area (Å²) in [4.78, 5) is 0. The Bertz CT molecular complexity index is 263. The molecule has 0 aromatic heterocycles. The predicted octanol–water partition coefficient (Wildman–Crippen LogP) is 2.31. The quantitative estimate of drug-likeness (QED) is 0.864. The van der Waals surface area contributed by atoms with Crippen LogP contribution in [0.4, 0.5) is 0 Å². The van der Waals surface area contributed by atoms with Crippen LogP contribution in [0.5, 0.6) is 5.75 Å². The van der Waals surface area contributed by atoms with Crippen molar-refractivity contribution in [1.82, 2.24) is 0 Å². The Hall–Kier alpha value is -0.540. The summed E-state index contributed by atoms with van der Waals surface area (Å²) in [6, 6.07) is 5.85. The fraction of sp³-hybridized carbons (Fsp3) is 0.333. The zero-order chi connectivity index (χ0) is 8.97. The Labute approximate surface area is 80.8 Å². The third kappa shape index (κ3) is 2.22. The normalized spacial score (nSPS) is 9.92. The van der Waals surface area contributed by atoms with Crippen molar-refractivity contribution in [3.63, 3.8) is 0 Å². The van der Waals surface area contributed by atoms with Crippen LogP contribution in [0.1, 0.15) is 12.5 Å². The van der Waals surface area contributed by atoms with E-state index in [0.29, 0.717) is 13.2 Å². The first-order chi connectivity index (χ1) is 5.77. The summed E-state index contributed by atoms with van der Waals surface area (Å²) < 4.78 is 6.42. The van der Waals surface area contributed by atoms with Gasteiger partial charge in [-0.05, 0) is 25.1 Å². The molecular weight excluding hydrogens is 218 g/mol. The van der Waals surface area contributed by atoms with Crippen LogP contribution < -0.4 is 10.5 Å². The van der Waals surface area contributed by atoms with E-state index >= 15 is 0 Å². The summed E-state index contributed by atoms with van der Waals surface area (Å²) >= 11 is 3.38. The number of hydrogen-bond acceptors (Lipinski definition) is 2. The standard InChI is InChI=1S/C9H12BrNO/c1-2-12-9-4-3-8(10)5-7(9)6-11/h3-5H,2,6,11H2,1H3. The predicted molar refractivity (Wildman–Crippen MR) is 53.2 cm³/mol. The van der Waals surface area contributed by atoms with Crippen molar-refractivity contribution in [3.05, 3.63) is 28.2 Å². The van der Waals surface area contributed by atoms with Gasteiger partial charge in [-0.15, -0.1) is 0 Å². The molecule has 12 heavy (non-hydrogen) atoms. The summed E-state index contributed by atoms with van der Waals surface area (Å²) in [5.74, 6) is 0.878. The van der Waals surface area contributed by atoms with Crippen molar-refractivity contribution >= 4 is 15.9 Å². The third-order valence-electron chi connectivity index (χ3n) is 1.54. The molecule has 2 nitrogen and oxygen atoms in total. The molecule has 0 saturated heterocycles. The van der Waals surface area contributed by atoms with Gasteiger partial charge in [-0.1, -0.05) is 15.9 Å². The number of benzene rings is 1. The molecule has 0 unspecified atom stereocenters. The van der Waals surface area contributed by atoms with Crippen molar-refractivity contribution in [2.45, 2.75) is 13.5 Å². The van der Waals surface area contributed by atoms with Crippen LogP contribution in [0.25, 0.3) is 0 Å². The van der Waals surface area contributed by atoms with E-state index in [1.54, 1.807) is 0 Å². The van der Waals surface area contributed by atoms with Crippen molar-refractivity contribution in [3.8, 4) is 5.75 Å². The van der Waals surface area contributed by atoms with Crippen LogP contribution >= 0.6 is 15.9 Å². The number of hydrogen-bond donors (Lipinski definition) is 1. The van der Waals surface area contributed by atoms with Gasteiger partial charge in [0, 0.05) is 16.6 Å². The molecule has 1 aromatic rings. The lowest BCUT2D eigenvalue weighted by Gasteiger charge is -2.08. The van der Waals surface area contributed by atoms with Gasteiger partial charge in [0.25, 0.3) is 0 Å². The lowest BCUT2D eigenvalue weighted by molar-refractivity contribution is 0.336. The minimum Gasteiger partial charge on any atom is -0.494 e. The molecule has 1 aromatic carbocycles. The van der Waals surface area contributed by atoms with Crippen LogP contribution in [0, 0.1) is 0 Å². The maximum Gasteiger partial charge on any atom is 0.123 e. The lowest BCUT2D eigenvalue weighted by atomic mass is 10.2. The molecule has 0 amide bonds. The van der Waals surface area contributed by atoms with Gasteiger partial charge < -0.3 is 10.5 Å². The van der Waals surface area contributed by atoms with E-state index in [1.807, 2.05) is 25.1 Å². The van der Waals surface area contributed by atoms with Crippen molar-refractivity contribution in [1.29, 1.82) is 0 Å². The molecule has 0 aliphatic carbocycles. The number of nitrogens with two attached hydrogens (primary N) is 1. The molecule has 0 aliphatic heterocycles. The zero-order valence-electron chi connectivity index (χ0n) is 7.01. The second kappa shape index (κ2) is 4.48. The molecule has 0 atom stereocenters. The minimum atomic E-state index is 0.509. The highest BCUT2D eigenvalue weighted by molar-refractivity contribution is 9.10. The number of rotatable bonds is 3. The van der Waals surface area contributed by atoms with Gasteiger partial charge in [0.05, 0.1) is 6.61 Å². The smallest absolute Gasteiger partial charge is 0.123 e. The third-order valence-corrected chi connectivity index (χ3v) is 2.04. The monoisotopic (exact) mass is 229 g/mol. The molecule has 0 spiro atoms. The number of halogens is 1. The zero-order valence-corrected chi connectivity index (χ0v) is 8.60. The topological polar surface area (TPSA) is 35.2 Å². The first-order valence-electron chi connectivity index (χ1n) is 3.89. The fourth-order valence-corrected chi connectivity index (χ4v) is 1.41. The van der Waals surface area contributed by atoms with Crippen LogP contribution in [0.3, 0.4) is 0 Å². The van der Waals surface area contributed by atoms with E-state index in [0.717, 1.165) is 15.8 Å². The largest absolute Gasteiger partial charge is 0.494 e. The maximum atomic E-state index is 5.55. The molecule has 0 aliphatic rings. The van der Waals surface area contributed by atoms with Gasteiger partial charge in [-0.2, -0.15) is 0 Å². The molecule has 0 fully saturated rings. The molecular formula is C9H12BrNO. The summed E-state index contributed by atoms with van der Waals surface area (Å²) in [7, 11) is 0. The Kier molecular flexibility index (Phi) is 3.56. The highest BCUT2D eigenvalue weighted by atomic mass is 79.9. The van der Waals surface area contributed by atoms with Gasteiger partial charge in [0.1, 0.15) is 5.75 Å². The molecule has 0 bridgehead atoms. The highest BCUT2D eigenvalue weighted by Gasteiger charge is 2.00. The Morgan fingerprint density at radius 1 is 1.50 bits per heavy atom. The average Bonchev–Trinajstić information content (AvgIpc) is 2.08. The van der Waals surface area contributed by atoms with Gasteiger partial charge in [-0.3, -0.25) is 0 Å². The van der Waals surface area contributed by atoms with Crippen molar-refractivity contribution < 1.29 is 4.74 Å². The van der Waals surface area contributed by atoms with Crippen LogP contribution in [0.2, 0.25) is 0 Å². The van der Waals surface area contributed by atoms with Crippen molar-refractivity contribution in [2.75, 3.05) is 6.61 Å². The van der Waals surface area contributed by atoms with E-state index in [1.165, 1.54) is 0 Å². The second-order valence-electron chi connectivity index (χ2n) is 2.39. The van der Waals surface area contributed by atoms with E-state index < -0.39 is 0 Å². The van der Waals surface area contributed by atoms with Gasteiger partial charge >= 0.3 is 0 Å². The summed E-state index contributed by atoms with van der Waals surface area (Å²) in [5.41, 5.74) is 6.58. The fourth-order valence-electron chi connectivity index (χ4n) is 1.00. The van der Waals surface area contributed by atoms with E-state index in [9.17, 15) is 0 Å². The van der Waals surface area contributed by atoms with E-state index in [-0.39, 0.29) is 0 Å². The minimum absolute atomic E-state index is 0.509.